The van der Waals surface area contributed by atoms with E-state index in [9.17, 15) is 18.3 Å². The maximum atomic E-state index is 12.7. The summed E-state index contributed by atoms with van der Waals surface area (Å²) in [6.45, 7) is 1.50. The SMILES string of the molecule is CS(=O)(=O)NC(=O)c1ccc(-c2ccc(OCCNC[C@H](O)c3ccccc3)cc2)cc1NC1CCCCC1. The average molecular weight is 552 g/mol. The van der Waals surface area contributed by atoms with Gasteiger partial charge in [-0.05, 0) is 53.8 Å². The topological polar surface area (TPSA) is 117 Å². The molecule has 0 heterocycles. The van der Waals surface area contributed by atoms with Gasteiger partial charge in [0.05, 0.1) is 17.9 Å². The molecule has 0 bridgehead atoms. The molecule has 1 amide bonds. The summed E-state index contributed by atoms with van der Waals surface area (Å²) in [6.07, 6.45) is 5.92. The lowest BCUT2D eigenvalue weighted by atomic mass is 9.94. The summed E-state index contributed by atoms with van der Waals surface area (Å²) in [5.41, 5.74) is 3.67. The van der Waals surface area contributed by atoms with Crippen LogP contribution in [0.5, 0.6) is 5.75 Å². The fraction of sp³-hybridized carbons (Fsp3) is 0.367. The zero-order chi connectivity index (χ0) is 27.7. The van der Waals surface area contributed by atoms with Gasteiger partial charge in [-0.3, -0.25) is 4.79 Å². The smallest absolute Gasteiger partial charge is 0.266 e. The lowest BCUT2D eigenvalue weighted by molar-refractivity contribution is 0.0982. The maximum absolute atomic E-state index is 12.7. The van der Waals surface area contributed by atoms with Gasteiger partial charge in [0.2, 0.25) is 10.0 Å². The minimum absolute atomic E-state index is 0.247. The average Bonchev–Trinajstić information content (AvgIpc) is 2.93. The second-order valence-electron chi connectivity index (χ2n) is 9.95. The zero-order valence-corrected chi connectivity index (χ0v) is 23.0. The fourth-order valence-electron chi connectivity index (χ4n) is 4.75. The molecular weight excluding hydrogens is 514 g/mol. The van der Waals surface area contributed by atoms with Gasteiger partial charge in [0.15, 0.2) is 0 Å². The third-order valence-electron chi connectivity index (χ3n) is 6.76. The van der Waals surface area contributed by atoms with Gasteiger partial charge in [-0.2, -0.15) is 0 Å². The third kappa shape index (κ3) is 8.81. The Morgan fingerprint density at radius 3 is 2.36 bits per heavy atom. The number of rotatable bonds is 12. The van der Waals surface area contributed by atoms with Crippen molar-refractivity contribution in [3.05, 3.63) is 83.9 Å². The van der Waals surface area contributed by atoms with Gasteiger partial charge >= 0.3 is 0 Å². The third-order valence-corrected chi connectivity index (χ3v) is 7.32. The van der Waals surface area contributed by atoms with Crippen molar-refractivity contribution in [1.29, 1.82) is 0 Å². The van der Waals surface area contributed by atoms with Gasteiger partial charge in [0.25, 0.3) is 5.91 Å². The summed E-state index contributed by atoms with van der Waals surface area (Å²) in [5, 5.41) is 16.9. The molecule has 3 aromatic carbocycles. The first-order valence-corrected chi connectivity index (χ1v) is 15.3. The van der Waals surface area contributed by atoms with Crippen LogP contribution in [-0.2, 0) is 10.0 Å². The first-order chi connectivity index (χ1) is 18.8. The molecule has 208 valence electrons. The number of ether oxygens (including phenoxy) is 1. The molecule has 0 spiro atoms. The quantitative estimate of drug-likeness (QED) is 0.245. The van der Waals surface area contributed by atoms with Crippen LogP contribution in [0.2, 0.25) is 0 Å². The lowest BCUT2D eigenvalue weighted by Crippen LogP contribution is -2.31. The predicted molar refractivity (Wildman–Crippen MR) is 154 cm³/mol. The van der Waals surface area contributed by atoms with Crippen molar-refractivity contribution in [2.24, 2.45) is 0 Å². The van der Waals surface area contributed by atoms with Crippen LogP contribution in [0.15, 0.2) is 72.8 Å². The lowest BCUT2D eigenvalue weighted by Gasteiger charge is -2.25. The molecule has 3 aromatic rings. The van der Waals surface area contributed by atoms with Gasteiger partial charge in [-0.1, -0.05) is 67.8 Å². The summed E-state index contributed by atoms with van der Waals surface area (Å²) in [6, 6.07) is 22.9. The molecule has 1 aliphatic carbocycles. The molecular formula is C30H37N3O5S. The molecule has 0 radical (unpaired) electrons. The molecule has 1 atom stereocenters. The Bertz CT molecular complexity index is 1320. The second kappa shape index (κ2) is 13.6. The first-order valence-electron chi connectivity index (χ1n) is 13.4. The molecule has 0 aromatic heterocycles. The van der Waals surface area contributed by atoms with Gasteiger partial charge in [-0.25, -0.2) is 13.1 Å². The van der Waals surface area contributed by atoms with Crippen LogP contribution in [0.25, 0.3) is 11.1 Å². The predicted octanol–water partition coefficient (Wildman–Crippen LogP) is 4.49. The van der Waals surface area contributed by atoms with E-state index in [1.165, 1.54) is 6.42 Å². The Balaban J connectivity index is 1.37. The van der Waals surface area contributed by atoms with Crippen molar-refractivity contribution in [2.45, 2.75) is 44.2 Å². The van der Waals surface area contributed by atoms with Crippen molar-refractivity contribution in [2.75, 3.05) is 31.3 Å². The number of aliphatic hydroxyl groups excluding tert-OH is 1. The van der Waals surface area contributed by atoms with E-state index in [4.69, 9.17) is 4.74 Å². The van der Waals surface area contributed by atoms with Crippen LogP contribution in [0, 0.1) is 0 Å². The molecule has 0 unspecified atom stereocenters. The Labute approximate surface area is 230 Å². The molecule has 4 rings (SSSR count). The zero-order valence-electron chi connectivity index (χ0n) is 22.2. The molecule has 1 saturated carbocycles. The number of nitrogens with one attached hydrogen (secondary N) is 3. The van der Waals surface area contributed by atoms with Crippen LogP contribution in [0.3, 0.4) is 0 Å². The van der Waals surface area contributed by atoms with Crippen molar-refractivity contribution in [3.8, 4) is 16.9 Å². The maximum Gasteiger partial charge on any atom is 0.266 e. The number of carbonyl (C=O) groups is 1. The van der Waals surface area contributed by atoms with Crippen molar-refractivity contribution < 1.29 is 23.1 Å². The highest BCUT2D eigenvalue weighted by molar-refractivity contribution is 7.89. The van der Waals surface area contributed by atoms with Gasteiger partial charge in [0.1, 0.15) is 12.4 Å². The summed E-state index contributed by atoms with van der Waals surface area (Å²) >= 11 is 0. The molecule has 8 nitrogen and oxygen atoms in total. The monoisotopic (exact) mass is 551 g/mol. The van der Waals surface area contributed by atoms with E-state index < -0.39 is 22.0 Å². The number of anilines is 1. The van der Waals surface area contributed by atoms with Crippen molar-refractivity contribution >= 4 is 21.6 Å². The minimum atomic E-state index is -3.68. The number of sulfonamides is 1. The molecule has 4 N–H and O–H groups in total. The van der Waals surface area contributed by atoms with E-state index in [-0.39, 0.29) is 6.04 Å². The van der Waals surface area contributed by atoms with E-state index in [2.05, 4.69) is 15.4 Å². The first kappa shape index (κ1) is 28.6. The molecule has 1 aliphatic rings. The van der Waals surface area contributed by atoms with Gasteiger partial charge in [0, 0.05) is 24.8 Å². The Kier molecular flexibility index (Phi) is 9.97. The van der Waals surface area contributed by atoms with Crippen LogP contribution in [0.4, 0.5) is 5.69 Å². The summed E-state index contributed by atoms with van der Waals surface area (Å²) in [5.74, 6) is 0.0878. The van der Waals surface area contributed by atoms with Crippen molar-refractivity contribution in [1.82, 2.24) is 10.0 Å². The molecule has 9 heteroatoms. The molecule has 0 saturated heterocycles. The highest BCUT2D eigenvalue weighted by Gasteiger charge is 2.20. The van der Waals surface area contributed by atoms with E-state index in [0.717, 1.165) is 54.4 Å². The van der Waals surface area contributed by atoms with Crippen LogP contribution < -0.4 is 20.1 Å². The van der Waals surface area contributed by atoms with E-state index in [1.54, 1.807) is 6.07 Å². The number of hydrogen-bond acceptors (Lipinski definition) is 7. The van der Waals surface area contributed by atoms with E-state index >= 15 is 0 Å². The molecule has 1 fully saturated rings. The largest absolute Gasteiger partial charge is 0.492 e. The highest BCUT2D eigenvalue weighted by atomic mass is 32.2. The minimum Gasteiger partial charge on any atom is -0.492 e. The van der Waals surface area contributed by atoms with Gasteiger partial charge in [-0.15, -0.1) is 0 Å². The van der Waals surface area contributed by atoms with E-state index in [0.29, 0.717) is 30.9 Å². The Morgan fingerprint density at radius 1 is 0.974 bits per heavy atom. The Morgan fingerprint density at radius 2 is 1.67 bits per heavy atom. The Hall–Kier alpha value is -3.40. The summed E-state index contributed by atoms with van der Waals surface area (Å²) < 4.78 is 31.2. The highest BCUT2D eigenvalue weighted by Crippen LogP contribution is 2.30. The van der Waals surface area contributed by atoms with Crippen LogP contribution >= 0.6 is 0 Å². The number of hydrogen-bond donors (Lipinski definition) is 4. The second-order valence-corrected chi connectivity index (χ2v) is 11.7. The van der Waals surface area contributed by atoms with Crippen LogP contribution in [-0.4, -0.2) is 51.4 Å². The van der Waals surface area contributed by atoms with Crippen LogP contribution in [0.1, 0.15) is 54.1 Å². The standard InChI is InChI=1S/C30H37N3O5S/c1-39(36,37)33-30(35)27-17-14-24(20-28(27)32-25-10-6-3-7-11-25)22-12-15-26(16-13-22)38-19-18-31-21-29(34)23-8-4-2-5-9-23/h2,4-5,8-9,12-17,20,25,29,31-32,34H,3,6-7,10-11,18-19,21H2,1H3,(H,33,35)/t29-/m0/s1. The number of carbonyl (C=O) groups excluding carboxylic acids is 1. The number of benzene rings is 3. The summed E-state index contributed by atoms with van der Waals surface area (Å²) in [7, 11) is -3.68. The molecule has 0 aliphatic heterocycles. The molecule has 39 heavy (non-hydrogen) atoms. The fourth-order valence-corrected chi connectivity index (χ4v) is 5.19. The number of amides is 1. The number of aliphatic hydroxyl groups is 1. The van der Waals surface area contributed by atoms with E-state index in [1.807, 2.05) is 66.7 Å². The van der Waals surface area contributed by atoms with Crippen molar-refractivity contribution in [3.63, 3.8) is 0 Å². The normalized spacial score (nSPS) is 14.9. The summed E-state index contributed by atoms with van der Waals surface area (Å²) in [4.78, 5) is 12.7. The van der Waals surface area contributed by atoms with Gasteiger partial charge < -0.3 is 20.5 Å².